The molecular formula is C20H33FN4O. The van der Waals surface area contributed by atoms with E-state index in [-0.39, 0.29) is 12.4 Å². The van der Waals surface area contributed by atoms with Crippen LogP contribution < -0.4 is 10.6 Å². The van der Waals surface area contributed by atoms with Gasteiger partial charge in [-0.15, -0.1) is 0 Å². The molecule has 6 heteroatoms. The minimum Gasteiger partial charge on any atom is -0.380 e. The topological polar surface area (TPSA) is 48.9 Å². The van der Waals surface area contributed by atoms with Crippen molar-refractivity contribution in [3.8, 4) is 0 Å². The fourth-order valence-corrected chi connectivity index (χ4v) is 3.39. The molecule has 26 heavy (non-hydrogen) atoms. The summed E-state index contributed by atoms with van der Waals surface area (Å²) in [5.41, 5.74) is 1.58. The van der Waals surface area contributed by atoms with Gasteiger partial charge in [-0.2, -0.15) is 0 Å². The number of likely N-dealkylation sites (tertiary alicyclic amines) is 1. The van der Waals surface area contributed by atoms with E-state index in [2.05, 4.69) is 27.4 Å². The van der Waals surface area contributed by atoms with Gasteiger partial charge in [-0.3, -0.25) is 4.99 Å². The maximum absolute atomic E-state index is 13.7. The first-order valence-electron chi connectivity index (χ1n) is 9.59. The van der Waals surface area contributed by atoms with Gasteiger partial charge in [-0.25, -0.2) is 4.39 Å². The number of rotatable bonds is 8. The molecule has 146 valence electrons. The molecule has 2 N–H and O–H groups in total. The maximum atomic E-state index is 13.7. The number of guanidine groups is 1. The van der Waals surface area contributed by atoms with Crippen molar-refractivity contribution in [2.24, 2.45) is 4.99 Å². The molecule has 0 spiro atoms. The van der Waals surface area contributed by atoms with Gasteiger partial charge in [0.2, 0.25) is 0 Å². The van der Waals surface area contributed by atoms with Gasteiger partial charge in [-0.05, 0) is 50.4 Å². The molecule has 0 amide bonds. The third-order valence-corrected chi connectivity index (χ3v) is 4.95. The first-order valence-corrected chi connectivity index (χ1v) is 9.59. The lowest BCUT2D eigenvalue weighted by molar-refractivity contribution is 0.159. The second-order valence-electron chi connectivity index (χ2n) is 6.95. The molecule has 0 aliphatic carbocycles. The lowest BCUT2D eigenvalue weighted by atomic mass is 10.0. The number of hydrogen-bond acceptors (Lipinski definition) is 3. The Kier molecular flexibility index (Phi) is 8.85. The number of ether oxygens (including phenoxy) is 1. The Hall–Kier alpha value is -1.66. The van der Waals surface area contributed by atoms with Gasteiger partial charge in [0.25, 0.3) is 0 Å². The van der Waals surface area contributed by atoms with Gasteiger partial charge in [0, 0.05) is 45.4 Å². The average molecular weight is 365 g/mol. The molecule has 1 saturated heterocycles. The molecule has 5 nitrogen and oxygen atoms in total. The summed E-state index contributed by atoms with van der Waals surface area (Å²) < 4.78 is 18.7. The fraction of sp³-hybridized carbons (Fsp3) is 0.650. The van der Waals surface area contributed by atoms with Gasteiger partial charge in [0.1, 0.15) is 5.82 Å². The molecule has 1 heterocycles. The Morgan fingerprint density at radius 2 is 2.19 bits per heavy atom. The number of halogens is 1. The zero-order chi connectivity index (χ0) is 18.8. The van der Waals surface area contributed by atoms with Gasteiger partial charge < -0.3 is 20.3 Å². The molecule has 2 rings (SSSR count). The Morgan fingerprint density at radius 1 is 1.35 bits per heavy atom. The average Bonchev–Trinajstić information content (AvgIpc) is 2.65. The lowest BCUT2D eigenvalue weighted by Crippen LogP contribution is -2.41. The number of aliphatic imine (C=N–C) groups is 1. The summed E-state index contributed by atoms with van der Waals surface area (Å²) in [5.74, 6) is 0.541. The van der Waals surface area contributed by atoms with Crippen LogP contribution in [-0.4, -0.2) is 50.7 Å². The van der Waals surface area contributed by atoms with E-state index in [1.54, 1.807) is 20.2 Å². The molecule has 1 unspecified atom stereocenters. The highest BCUT2D eigenvalue weighted by molar-refractivity contribution is 5.79. The van der Waals surface area contributed by atoms with Gasteiger partial charge in [-0.1, -0.05) is 12.5 Å². The highest BCUT2D eigenvalue weighted by Gasteiger charge is 2.17. The monoisotopic (exact) mass is 364 g/mol. The molecule has 0 bridgehead atoms. The van der Waals surface area contributed by atoms with Gasteiger partial charge in [0.05, 0.1) is 6.61 Å². The van der Waals surface area contributed by atoms with E-state index >= 15 is 0 Å². The normalized spacial score (nSPS) is 18.8. The molecule has 0 saturated carbocycles. The fourth-order valence-electron chi connectivity index (χ4n) is 3.39. The van der Waals surface area contributed by atoms with Crippen LogP contribution in [0.5, 0.6) is 0 Å². The summed E-state index contributed by atoms with van der Waals surface area (Å²) in [6.45, 7) is 6.45. The van der Waals surface area contributed by atoms with E-state index in [0.717, 1.165) is 31.0 Å². The molecule has 0 radical (unpaired) electrons. The van der Waals surface area contributed by atoms with Crippen LogP contribution in [0.2, 0.25) is 0 Å². The van der Waals surface area contributed by atoms with Crippen LogP contribution in [0.1, 0.15) is 43.7 Å². The first kappa shape index (κ1) is 20.6. The van der Waals surface area contributed by atoms with Crippen molar-refractivity contribution in [2.45, 2.75) is 51.8 Å². The second-order valence-corrected chi connectivity index (χ2v) is 6.95. The molecule has 1 aromatic rings. The molecule has 1 atom stereocenters. The van der Waals surface area contributed by atoms with Crippen molar-refractivity contribution in [3.05, 3.63) is 35.1 Å². The van der Waals surface area contributed by atoms with Crippen molar-refractivity contribution in [3.63, 3.8) is 0 Å². The lowest BCUT2D eigenvalue weighted by Gasteiger charge is -2.33. The number of hydrogen-bond donors (Lipinski definition) is 2. The third kappa shape index (κ3) is 6.57. The predicted molar refractivity (Wildman–Crippen MR) is 105 cm³/mol. The van der Waals surface area contributed by atoms with Crippen LogP contribution in [0, 0.1) is 5.82 Å². The third-order valence-electron chi connectivity index (χ3n) is 4.95. The van der Waals surface area contributed by atoms with Crippen LogP contribution in [0.3, 0.4) is 0 Å². The highest BCUT2D eigenvalue weighted by atomic mass is 19.1. The molecule has 1 aromatic carbocycles. The number of piperidine rings is 1. The van der Waals surface area contributed by atoms with Crippen LogP contribution >= 0.6 is 0 Å². The van der Waals surface area contributed by atoms with Crippen LogP contribution in [0.25, 0.3) is 0 Å². The Balaban J connectivity index is 1.71. The van der Waals surface area contributed by atoms with Crippen molar-refractivity contribution in [1.82, 2.24) is 15.5 Å². The Labute approximate surface area is 157 Å². The van der Waals surface area contributed by atoms with E-state index in [9.17, 15) is 4.39 Å². The van der Waals surface area contributed by atoms with E-state index in [1.807, 2.05) is 6.07 Å². The highest BCUT2D eigenvalue weighted by Crippen LogP contribution is 2.16. The summed E-state index contributed by atoms with van der Waals surface area (Å²) in [7, 11) is 3.34. The minimum absolute atomic E-state index is 0.231. The van der Waals surface area contributed by atoms with Crippen molar-refractivity contribution in [1.29, 1.82) is 0 Å². The van der Waals surface area contributed by atoms with Gasteiger partial charge in [0.15, 0.2) is 5.96 Å². The quantitative estimate of drug-likeness (QED) is 0.423. The van der Waals surface area contributed by atoms with E-state index in [1.165, 1.54) is 31.9 Å². The second kappa shape index (κ2) is 11.1. The molecule has 1 aliphatic rings. The van der Waals surface area contributed by atoms with Crippen molar-refractivity contribution < 1.29 is 9.13 Å². The number of methoxy groups -OCH3 is 1. The van der Waals surface area contributed by atoms with Crippen LogP contribution in [0.15, 0.2) is 23.2 Å². The largest absolute Gasteiger partial charge is 0.380 e. The molecule has 1 aliphatic heterocycles. The predicted octanol–water partition coefficient (Wildman–Crippen LogP) is 2.90. The summed E-state index contributed by atoms with van der Waals surface area (Å²) in [6.07, 6.45) is 5.10. The standard InChI is InChI=1S/C20H33FN4O/c1-16-7-4-5-11-25(16)12-6-10-23-20(22-2)24-14-17-8-9-19(21)18(13-17)15-26-3/h8-9,13,16H,4-7,10-12,14-15H2,1-3H3,(H2,22,23,24). The van der Waals surface area contributed by atoms with E-state index in [0.29, 0.717) is 18.2 Å². The summed E-state index contributed by atoms with van der Waals surface area (Å²) in [5, 5.41) is 6.64. The maximum Gasteiger partial charge on any atom is 0.191 e. The zero-order valence-corrected chi connectivity index (χ0v) is 16.4. The summed E-state index contributed by atoms with van der Waals surface area (Å²) in [6, 6.07) is 5.81. The summed E-state index contributed by atoms with van der Waals surface area (Å²) in [4.78, 5) is 6.84. The Bertz CT molecular complexity index is 579. The first-order chi connectivity index (χ1) is 12.6. The number of benzene rings is 1. The zero-order valence-electron chi connectivity index (χ0n) is 16.4. The van der Waals surface area contributed by atoms with Gasteiger partial charge >= 0.3 is 0 Å². The van der Waals surface area contributed by atoms with Crippen LogP contribution in [-0.2, 0) is 17.9 Å². The summed E-state index contributed by atoms with van der Waals surface area (Å²) >= 11 is 0. The molecular weight excluding hydrogens is 331 g/mol. The van der Waals surface area contributed by atoms with E-state index < -0.39 is 0 Å². The number of nitrogens with one attached hydrogen (secondary N) is 2. The van der Waals surface area contributed by atoms with Crippen LogP contribution in [0.4, 0.5) is 4.39 Å². The van der Waals surface area contributed by atoms with E-state index in [4.69, 9.17) is 4.74 Å². The Morgan fingerprint density at radius 3 is 2.92 bits per heavy atom. The SMILES string of the molecule is CN=C(NCCCN1CCCCC1C)NCc1ccc(F)c(COC)c1. The molecule has 0 aromatic heterocycles. The van der Waals surface area contributed by atoms with Crippen molar-refractivity contribution in [2.75, 3.05) is 33.8 Å². The number of nitrogens with zero attached hydrogens (tertiary/aromatic N) is 2. The minimum atomic E-state index is -0.231. The molecule has 1 fully saturated rings. The smallest absolute Gasteiger partial charge is 0.191 e. The van der Waals surface area contributed by atoms with Crippen molar-refractivity contribution >= 4 is 5.96 Å².